The van der Waals surface area contributed by atoms with Gasteiger partial charge < -0.3 is 5.32 Å². The smallest absolute Gasteiger partial charge is 0.291 e. The molecule has 0 bridgehead atoms. The third-order valence-corrected chi connectivity index (χ3v) is 6.47. The maximum Gasteiger partial charge on any atom is 0.291 e. The number of anilines is 2. The number of nitrogens with one attached hydrogen (secondary N) is 2. The molecule has 176 valence electrons. The van der Waals surface area contributed by atoms with E-state index in [9.17, 15) is 14.0 Å². The van der Waals surface area contributed by atoms with E-state index in [-0.39, 0.29) is 17.1 Å². The van der Waals surface area contributed by atoms with Gasteiger partial charge >= 0.3 is 0 Å². The van der Waals surface area contributed by atoms with Gasteiger partial charge in [0.15, 0.2) is 10.8 Å². The van der Waals surface area contributed by atoms with E-state index >= 15 is 0 Å². The van der Waals surface area contributed by atoms with Gasteiger partial charge in [-0.25, -0.2) is 14.1 Å². The highest BCUT2D eigenvalue weighted by Gasteiger charge is 2.19. The monoisotopic (exact) mass is 488 g/mol. The molecular weight excluding hydrogens is 467 g/mol. The number of hydrogen-bond donors (Lipinski definition) is 2. The van der Waals surface area contributed by atoms with Crippen LogP contribution in [0.2, 0.25) is 0 Å². The zero-order valence-corrected chi connectivity index (χ0v) is 20.0. The minimum atomic E-state index is -0.440. The van der Waals surface area contributed by atoms with Crippen molar-refractivity contribution in [2.24, 2.45) is 7.05 Å². The molecule has 2 aromatic carbocycles. The minimum Gasteiger partial charge on any atom is -0.329 e. The summed E-state index contributed by atoms with van der Waals surface area (Å²) in [5, 5.41) is 10.5. The van der Waals surface area contributed by atoms with Crippen LogP contribution in [0.15, 0.2) is 64.8 Å². The van der Waals surface area contributed by atoms with Crippen LogP contribution in [-0.2, 0) is 7.05 Å². The molecule has 0 saturated heterocycles. The lowest BCUT2D eigenvalue weighted by atomic mass is 10.1. The molecule has 3 heterocycles. The Morgan fingerprint density at radius 1 is 1.06 bits per heavy atom. The molecule has 8 nitrogen and oxygen atoms in total. The van der Waals surface area contributed by atoms with Crippen molar-refractivity contribution in [3.63, 3.8) is 0 Å². The van der Waals surface area contributed by atoms with Crippen molar-refractivity contribution in [2.45, 2.75) is 13.8 Å². The Morgan fingerprint density at radius 3 is 2.54 bits per heavy atom. The first kappa shape index (κ1) is 22.5. The van der Waals surface area contributed by atoms with Crippen LogP contribution in [0, 0.1) is 19.7 Å². The molecule has 5 aromatic rings. The van der Waals surface area contributed by atoms with Crippen molar-refractivity contribution in [3.05, 3.63) is 93.2 Å². The van der Waals surface area contributed by atoms with Crippen LogP contribution < -0.4 is 16.3 Å². The fourth-order valence-electron chi connectivity index (χ4n) is 3.95. The molecular formula is C25H21FN6O2S. The molecule has 0 aliphatic carbocycles. The van der Waals surface area contributed by atoms with Crippen LogP contribution >= 0.6 is 11.3 Å². The Balaban J connectivity index is 1.45. The summed E-state index contributed by atoms with van der Waals surface area (Å²) in [7, 11) is 1.52. The van der Waals surface area contributed by atoms with Gasteiger partial charge in [-0.3, -0.25) is 19.7 Å². The molecule has 0 radical (unpaired) electrons. The first-order valence-electron chi connectivity index (χ1n) is 10.8. The molecule has 0 fully saturated rings. The zero-order valence-electron chi connectivity index (χ0n) is 19.2. The highest BCUT2D eigenvalue weighted by atomic mass is 32.1. The summed E-state index contributed by atoms with van der Waals surface area (Å²) in [6.45, 7) is 3.74. The third-order valence-electron chi connectivity index (χ3n) is 5.71. The van der Waals surface area contributed by atoms with E-state index in [2.05, 4.69) is 20.8 Å². The van der Waals surface area contributed by atoms with E-state index in [1.54, 1.807) is 47.1 Å². The number of aryl methyl sites for hydroxylation is 2. The molecule has 10 heteroatoms. The Hall–Kier alpha value is -4.31. The number of rotatable bonds is 5. The van der Waals surface area contributed by atoms with Crippen LogP contribution in [-0.4, -0.2) is 25.3 Å². The van der Waals surface area contributed by atoms with Crippen molar-refractivity contribution >= 4 is 38.8 Å². The van der Waals surface area contributed by atoms with Crippen LogP contribution in [0.25, 0.3) is 22.0 Å². The number of halogens is 1. The second-order valence-electron chi connectivity index (χ2n) is 8.03. The second kappa shape index (κ2) is 8.80. The largest absolute Gasteiger partial charge is 0.329 e. The molecule has 0 unspecified atom stereocenters. The average Bonchev–Trinajstić information content (AvgIpc) is 3.42. The first-order chi connectivity index (χ1) is 16.8. The standard InChI is InChI=1S/C25H21FN6O2S/c1-14-12-18(21-13-35-25(28-21)27-20-11-7-6-10-19(20)26)15(2)32(14)30-23(33)22-16-8-4-5-9-17(16)24(34)31(3)29-22/h4-13H,1-3H3,(H,27,28)(H,30,33). The number of hydrogen-bond acceptors (Lipinski definition) is 6. The lowest BCUT2D eigenvalue weighted by molar-refractivity contribution is 0.100. The normalized spacial score (nSPS) is 11.1. The first-order valence-corrected chi connectivity index (χ1v) is 11.6. The van der Waals surface area contributed by atoms with Gasteiger partial charge in [-0.1, -0.05) is 30.3 Å². The van der Waals surface area contributed by atoms with E-state index in [1.165, 1.54) is 24.5 Å². The quantitative estimate of drug-likeness (QED) is 0.373. The highest BCUT2D eigenvalue weighted by Crippen LogP contribution is 2.31. The number of carbonyl (C=O) groups is 1. The number of carbonyl (C=O) groups excluding carboxylic acids is 1. The van der Waals surface area contributed by atoms with Crippen LogP contribution in [0.5, 0.6) is 0 Å². The Bertz CT molecular complexity index is 1650. The number of aromatic nitrogens is 4. The van der Waals surface area contributed by atoms with Crippen molar-refractivity contribution in [1.82, 2.24) is 19.4 Å². The number of fused-ring (bicyclic) bond motifs is 1. The number of nitrogens with zero attached hydrogens (tertiary/aromatic N) is 4. The van der Waals surface area contributed by atoms with E-state index < -0.39 is 5.91 Å². The average molecular weight is 489 g/mol. The second-order valence-corrected chi connectivity index (χ2v) is 8.88. The SMILES string of the molecule is Cc1cc(-c2csc(Nc3ccccc3F)n2)c(C)n1NC(=O)c1nn(C)c(=O)c2ccccc12. The van der Waals surface area contributed by atoms with Gasteiger partial charge in [0.1, 0.15) is 5.82 Å². The van der Waals surface area contributed by atoms with Crippen molar-refractivity contribution in [2.75, 3.05) is 10.7 Å². The maximum absolute atomic E-state index is 14.0. The fourth-order valence-corrected chi connectivity index (χ4v) is 4.67. The molecule has 2 N–H and O–H groups in total. The number of para-hydroxylation sites is 1. The summed E-state index contributed by atoms with van der Waals surface area (Å²) in [6.07, 6.45) is 0. The molecule has 0 aliphatic rings. The number of thiazole rings is 1. The fraction of sp³-hybridized carbons (Fsp3) is 0.120. The summed E-state index contributed by atoms with van der Waals surface area (Å²) >= 11 is 1.36. The lowest BCUT2D eigenvalue weighted by Gasteiger charge is -2.13. The van der Waals surface area contributed by atoms with Crippen molar-refractivity contribution in [3.8, 4) is 11.3 Å². The molecule has 3 aromatic heterocycles. The van der Waals surface area contributed by atoms with Gasteiger partial charge in [0.05, 0.1) is 16.8 Å². The van der Waals surface area contributed by atoms with Gasteiger partial charge in [0.25, 0.3) is 11.5 Å². The summed E-state index contributed by atoms with van der Waals surface area (Å²) in [5.41, 5.74) is 6.22. The van der Waals surface area contributed by atoms with Gasteiger partial charge in [0, 0.05) is 34.8 Å². The minimum absolute atomic E-state index is 0.154. The van der Waals surface area contributed by atoms with E-state index in [4.69, 9.17) is 0 Å². The predicted molar refractivity (Wildman–Crippen MR) is 135 cm³/mol. The summed E-state index contributed by atoms with van der Waals surface area (Å²) in [6, 6.07) is 15.2. The van der Waals surface area contributed by atoms with E-state index in [1.807, 2.05) is 25.3 Å². The zero-order chi connectivity index (χ0) is 24.7. The molecule has 0 saturated carbocycles. The Morgan fingerprint density at radius 2 is 1.77 bits per heavy atom. The summed E-state index contributed by atoms with van der Waals surface area (Å²) < 4.78 is 16.8. The van der Waals surface area contributed by atoms with E-state index in [0.29, 0.717) is 27.3 Å². The van der Waals surface area contributed by atoms with Crippen molar-refractivity contribution in [1.29, 1.82) is 0 Å². The summed E-state index contributed by atoms with van der Waals surface area (Å²) in [4.78, 5) is 30.2. The molecule has 0 spiro atoms. The summed E-state index contributed by atoms with van der Waals surface area (Å²) in [5.74, 6) is -0.796. The third kappa shape index (κ3) is 4.08. The Kier molecular flexibility index (Phi) is 5.65. The number of amides is 1. The van der Waals surface area contributed by atoms with Crippen LogP contribution in [0.3, 0.4) is 0 Å². The lowest BCUT2D eigenvalue weighted by Crippen LogP contribution is -2.29. The molecule has 0 aliphatic heterocycles. The van der Waals surface area contributed by atoms with Gasteiger partial charge in [-0.2, -0.15) is 5.10 Å². The van der Waals surface area contributed by atoms with Crippen LogP contribution in [0.4, 0.5) is 15.2 Å². The Labute approximate surface area is 203 Å². The topological polar surface area (TPSA) is 93.8 Å². The molecule has 5 rings (SSSR count). The highest BCUT2D eigenvalue weighted by molar-refractivity contribution is 7.14. The van der Waals surface area contributed by atoms with Gasteiger partial charge in [0.2, 0.25) is 0 Å². The van der Waals surface area contributed by atoms with Crippen LogP contribution in [0.1, 0.15) is 21.9 Å². The predicted octanol–water partition coefficient (Wildman–Crippen LogP) is 4.74. The van der Waals surface area contributed by atoms with Gasteiger partial charge in [-0.05, 0) is 38.1 Å². The maximum atomic E-state index is 14.0. The molecule has 1 amide bonds. The van der Waals surface area contributed by atoms with Gasteiger partial charge in [-0.15, -0.1) is 11.3 Å². The van der Waals surface area contributed by atoms with Crippen molar-refractivity contribution < 1.29 is 9.18 Å². The molecule has 0 atom stereocenters. The number of benzene rings is 2. The molecule has 35 heavy (non-hydrogen) atoms. The van der Waals surface area contributed by atoms with E-state index in [0.717, 1.165) is 21.6 Å².